The SMILES string of the molecule is O=C1CCCCC1c1cccc(Br)n1. The van der Waals surface area contributed by atoms with Crippen LogP contribution in [0.2, 0.25) is 0 Å². The lowest BCUT2D eigenvalue weighted by molar-refractivity contribution is -0.121. The molecular formula is C11H12BrNO. The fourth-order valence-electron chi connectivity index (χ4n) is 1.91. The molecule has 1 aliphatic carbocycles. The molecule has 2 rings (SSSR count). The van der Waals surface area contributed by atoms with E-state index in [2.05, 4.69) is 20.9 Å². The van der Waals surface area contributed by atoms with Gasteiger partial charge < -0.3 is 0 Å². The van der Waals surface area contributed by atoms with Crippen LogP contribution in [0.4, 0.5) is 0 Å². The standard InChI is InChI=1S/C11H12BrNO/c12-11-7-3-5-9(13-11)8-4-1-2-6-10(8)14/h3,5,7-8H,1-2,4,6H2. The Morgan fingerprint density at radius 3 is 2.93 bits per heavy atom. The topological polar surface area (TPSA) is 30.0 Å². The number of aromatic nitrogens is 1. The highest BCUT2D eigenvalue weighted by Crippen LogP contribution is 2.29. The number of halogens is 1. The van der Waals surface area contributed by atoms with Crippen LogP contribution in [0.15, 0.2) is 22.8 Å². The number of carbonyl (C=O) groups is 1. The number of nitrogens with zero attached hydrogens (tertiary/aromatic N) is 1. The molecule has 0 spiro atoms. The molecule has 0 N–H and O–H groups in total. The lowest BCUT2D eigenvalue weighted by Gasteiger charge is -2.19. The van der Waals surface area contributed by atoms with E-state index >= 15 is 0 Å². The maximum absolute atomic E-state index is 11.7. The average molecular weight is 254 g/mol. The Morgan fingerprint density at radius 2 is 2.21 bits per heavy atom. The van der Waals surface area contributed by atoms with Crippen molar-refractivity contribution in [3.63, 3.8) is 0 Å². The molecule has 1 saturated carbocycles. The molecule has 0 saturated heterocycles. The first-order valence-corrected chi connectivity index (χ1v) is 5.72. The van der Waals surface area contributed by atoms with Gasteiger partial charge in [-0.3, -0.25) is 4.79 Å². The number of pyridine rings is 1. The van der Waals surface area contributed by atoms with Gasteiger partial charge in [0.05, 0.1) is 11.6 Å². The summed E-state index contributed by atoms with van der Waals surface area (Å²) in [4.78, 5) is 16.0. The number of rotatable bonds is 1. The van der Waals surface area contributed by atoms with Crippen molar-refractivity contribution in [1.29, 1.82) is 0 Å². The number of carbonyl (C=O) groups excluding carboxylic acids is 1. The van der Waals surface area contributed by atoms with E-state index in [-0.39, 0.29) is 5.92 Å². The van der Waals surface area contributed by atoms with E-state index < -0.39 is 0 Å². The molecule has 1 aliphatic rings. The van der Waals surface area contributed by atoms with Crippen LogP contribution < -0.4 is 0 Å². The van der Waals surface area contributed by atoms with Crippen LogP contribution >= 0.6 is 15.9 Å². The van der Waals surface area contributed by atoms with Crippen LogP contribution in [0.3, 0.4) is 0 Å². The molecule has 1 unspecified atom stereocenters. The van der Waals surface area contributed by atoms with Crippen molar-refractivity contribution >= 4 is 21.7 Å². The molecule has 3 heteroatoms. The van der Waals surface area contributed by atoms with Gasteiger partial charge in [0.1, 0.15) is 10.4 Å². The Hall–Kier alpha value is -0.700. The number of ketones is 1. The van der Waals surface area contributed by atoms with E-state index in [1.165, 1.54) is 0 Å². The number of Topliss-reactive ketones (excluding diaryl/α,β-unsaturated/α-hetero) is 1. The molecule has 1 heterocycles. The van der Waals surface area contributed by atoms with E-state index in [1.54, 1.807) is 0 Å². The summed E-state index contributed by atoms with van der Waals surface area (Å²) in [6, 6.07) is 5.77. The molecule has 1 atom stereocenters. The predicted octanol–water partition coefficient (Wildman–Crippen LogP) is 3.07. The Labute approximate surface area is 91.9 Å². The smallest absolute Gasteiger partial charge is 0.141 e. The maximum atomic E-state index is 11.7. The molecule has 0 radical (unpaired) electrons. The summed E-state index contributed by atoms with van der Waals surface area (Å²) in [5.74, 6) is 0.392. The van der Waals surface area contributed by atoms with Crippen molar-refractivity contribution in [2.45, 2.75) is 31.6 Å². The highest BCUT2D eigenvalue weighted by molar-refractivity contribution is 9.10. The minimum atomic E-state index is 0.0428. The van der Waals surface area contributed by atoms with E-state index in [0.717, 1.165) is 36.0 Å². The van der Waals surface area contributed by atoms with Crippen LogP contribution in [-0.4, -0.2) is 10.8 Å². The van der Waals surface area contributed by atoms with Gasteiger partial charge in [-0.15, -0.1) is 0 Å². The summed E-state index contributed by atoms with van der Waals surface area (Å²) in [6.07, 6.45) is 3.87. The second kappa shape index (κ2) is 4.22. The first-order chi connectivity index (χ1) is 6.77. The summed E-state index contributed by atoms with van der Waals surface area (Å²) in [7, 11) is 0. The van der Waals surface area contributed by atoms with Crippen LogP contribution in [0.25, 0.3) is 0 Å². The lowest BCUT2D eigenvalue weighted by atomic mass is 9.85. The Bertz CT molecular complexity index is 351. The Balaban J connectivity index is 2.24. The number of hydrogen-bond donors (Lipinski definition) is 0. The largest absolute Gasteiger partial charge is 0.299 e. The summed E-state index contributed by atoms with van der Waals surface area (Å²) in [5, 5.41) is 0. The van der Waals surface area contributed by atoms with Crippen molar-refractivity contribution < 1.29 is 4.79 Å². The van der Waals surface area contributed by atoms with Gasteiger partial charge in [0.15, 0.2) is 0 Å². The van der Waals surface area contributed by atoms with E-state index in [4.69, 9.17) is 0 Å². The lowest BCUT2D eigenvalue weighted by Crippen LogP contribution is -2.18. The molecule has 1 aromatic rings. The molecule has 0 amide bonds. The zero-order valence-corrected chi connectivity index (χ0v) is 9.46. The van der Waals surface area contributed by atoms with E-state index in [9.17, 15) is 4.79 Å². The van der Waals surface area contributed by atoms with E-state index in [0.29, 0.717) is 5.78 Å². The van der Waals surface area contributed by atoms with Gasteiger partial charge in [-0.1, -0.05) is 12.5 Å². The zero-order chi connectivity index (χ0) is 9.97. The Kier molecular flexibility index (Phi) is 2.96. The summed E-state index contributed by atoms with van der Waals surface area (Å²) < 4.78 is 0.813. The van der Waals surface area contributed by atoms with Crippen molar-refractivity contribution in [1.82, 2.24) is 4.98 Å². The fraction of sp³-hybridized carbons (Fsp3) is 0.455. The first kappa shape index (κ1) is 9.84. The third kappa shape index (κ3) is 2.03. The minimum Gasteiger partial charge on any atom is -0.299 e. The first-order valence-electron chi connectivity index (χ1n) is 4.92. The second-order valence-corrected chi connectivity index (χ2v) is 4.46. The van der Waals surface area contributed by atoms with Crippen LogP contribution in [0, 0.1) is 0 Å². The van der Waals surface area contributed by atoms with Gasteiger partial charge in [0.25, 0.3) is 0 Å². The maximum Gasteiger partial charge on any atom is 0.141 e. The van der Waals surface area contributed by atoms with Crippen molar-refractivity contribution in [3.8, 4) is 0 Å². The van der Waals surface area contributed by atoms with Crippen molar-refractivity contribution in [3.05, 3.63) is 28.5 Å². The average Bonchev–Trinajstić information content (AvgIpc) is 2.18. The molecule has 2 nitrogen and oxygen atoms in total. The summed E-state index contributed by atoms with van der Waals surface area (Å²) >= 11 is 3.33. The molecule has 1 fully saturated rings. The summed E-state index contributed by atoms with van der Waals surface area (Å²) in [6.45, 7) is 0. The molecular weight excluding hydrogens is 242 g/mol. The fourth-order valence-corrected chi connectivity index (χ4v) is 2.27. The highest BCUT2D eigenvalue weighted by atomic mass is 79.9. The molecule has 74 valence electrons. The van der Waals surface area contributed by atoms with Crippen LogP contribution in [-0.2, 0) is 4.79 Å². The number of hydrogen-bond acceptors (Lipinski definition) is 2. The normalized spacial score (nSPS) is 22.4. The van der Waals surface area contributed by atoms with Gasteiger partial charge in [-0.05, 0) is 40.9 Å². The third-order valence-corrected chi connectivity index (χ3v) is 3.09. The monoisotopic (exact) mass is 253 g/mol. The molecule has 0 aliphatic heterocycles. The van der Waals surface area contributed by atoms with Gasteiger partial charge >= 0.3 is 0 Å². The molecule has 14 heavy (non-hydrogen) atoms. The van der Waals surface area contributed by atoms with Crippen LogP contribution in [0.1, 0.15) is 37.3 Å². The van der Waals surface area contributed by atoms with Crippen molar-refractivity contribution in [2.24, 2.45) is 0 Å². The van der Waals surface area contributed by atoms with Gasteiger partial charge in [-0.2, -0.15) is 0 Å². The van der Waals surface area contributed by atoms with E-state index in [1.807, 2.05) is 18.2 Å². The second-order valence-electron chi connectivity index (χ2n) is 3.65. The van der Waals surface area contributed by atoms with Gasteiger partial charge in [-0.25, -0.2) is 4.98 Å². The predicted molar refractivity (Wildman–Crippen MR) is 58.2 cm³/mol. The minimum absolute atomic E-state index is 0.0428. The van der Waals surface area contributed by atoms with Crippen molar-refractivity contribution in [2.75, 3.05) is 0 Å². The van der Waals surface area contributed by atoms with Gasteiger partial charge in [0.2, 0.25) is 0 Å². The Morgan fingerprint density at radius 1 is 1.36 bits per heavy atom. The zero-order valence-electron chi connectivity index (χ0n) is 7.87. The summed E-state index contributed by atoms with van der Waals surface area (Å²) in [5.41, 5.74) is 0.920. The van der Waals surface area contributed by atoms with Gasteiger partial charge in [0, 0.05) is 6.42 Å². The molecule has 0 bridgehead atoms. The third-order valence-electron chi connectivity index (χ3n) is 2.65. The molecule has 0 aromatic carbocycles. The van der Waals surface area contributed by atoms with Crippen LogP contribution in [0.5, 0.6) is 0 Å². The highest BCUT2D eigenvalue weighted by Gasteiger charge is 2.24. The quantitative estimate of drug-likeness (QED) is 0.721. The molecule has 1 aromatic heterocycles.